The van der Waals surface area contributed by atoms with Crippen LogP contribution in [0.4, 0.5) is 5.69 Å². The van der Waals surface area contributed by atoms with Crippen LogP contribution in [-0.4, -0.2) is 18.0 Å². The number of aromatic amines is 1. The van der Waals surface area contributed by atoms with Gasteiger partial charge in [0.25, 0.3) is 5.56 Å². The van der Waals surface area contributed by atoms with Crippen molar-refractivity contribution in [1.82, 2.24) is 4.98 Å². The van der Waals surface area contributed by atoms with Crippen LogP contribution in [-0.2, 0) is 11.2 Å². The Morgan fingerprint density at radius 3 is 2.77 bits per heavy atom. The minimum Gasteiger partial charge on any atom is -0.495 e. The van der Waals surface area contributed by atoms with Gasteiger partial charge in [-0.25, -0.2) is 0 Å². The first-order chi connectivity index (χ1) is 12.5. The molecule has 0 fully saturated rings. The highest BCUT2D eigenvalue weighted by atomic mass is 35.5. The number of ether oxygens (including phenoxy) is 1. The first-order valence-corrected chi connectivity index (χ1v) is 8.60. The quantitative estimate of drug-likeness (QED) is 0.711. The van der Waals surface area contributed by atoms with Gasteiger partial charge in [-0.15, -0.1) is 0 Å². The number of methoxy groups -OCH3 is 1. The number of H-pyrrole nitrogens is 1. The number of aromatic nitrogens is 1. The van der Waals surface area contributed by atoms with E-state index >= 15 is 0 Å². The monoisotopic (exact) mass is 370 g/mol. The van der Waals surface area contributed by atoms with Crippen molar-refractivity contribution < 1.29 is 9.53 Å². The topological polar surface area (TPSA) is 71.2 Å². The highest BCUT2D eigenvalue weighted by Crippen LogP contribution is 2.27. The third-order valence-electron chi connectivity index (χ3n) is 4.14. The Balaban J connectivity index is 1.73. The van der Waals surface area contributed by atoms with Gasteiger partial charge in [-0.3, -0.25) is 9.59 Å². The van der Waals surface area contributed by atoms with E-state index in [0.29, 0.717) is 28.4 Å². The van der Waals surface area contributed by atoms with E-state index in [0.717, 1.165) is 16.5 Å². The van der Waals surface area contributed by atoms with Gasteiger partial charge in [0, 0.05) is 22.5 Å². The molecule has 134 valence electrons. The Kier molecular flexibility index (Phi) is 5.28. The van der Waals surface area contributed by atoms with Crippen LogP contribution in [0.3, 0.4) is 0 Å². The van der Waals surface area contributed by atoms with Gasteiger partial charge in [-0.2, -0.15) is 0 Å². The number of amides is 1. The number of fused-ring (bicyclic) bond motifs is 1. The van der Waals surface area contributed by atoms with Gasteiger partial charge in [-0.05, 0) is 54.6 Å². The van der Waals surface area contributed by atoms with E-state index in [-0.39, 0.29) is 17.9 Å². The number of hydrogen-bond donors (Lipinski definition) is 2. The van der Waals surface area contributed by atoms with Crippen LogP contribution in [0.15, 0.2) is 47.3 Å². The molecular formula is C20H19ClN2O3. The van der Waals surface area contributed by atoms with E-state index in [1.54, 1.807) is 18.2 Å². The molecule has 0 atom stereocenters. The standard InChI is InChI=1S/C20H19ClN2O3/c1-12-3-4-13-10-14(20(25)23-16(13)9-12)5-8-19(24)22-17-11-15(21)6-7-18(17)26-2/h3-4,6-7,9-11H,5,8H2,1-2H3,(H,22,24)(H,23,25). The van der Waals surface area contributed by atoms with Crippen molar-refractivity contribution in [2.75, 3.05) is 12.4 Å². The number of rotatable bonds is 5. The van der Waals surface area contributed by atoms with E-state index in [2.05, 4.69) is 10.3 Å². The molecule has 1 heterocycles. The number of carbonyl (C=O) groups excluding carboxylic acids is 1. The fraction of sp³-hybridized carbons (Fsp3) is 0.200. The molecule has 0 aliphatic carbocycles. The lowest BCUT2D eigenvalue weighted by atomic mass is 10.1. The molecule has 2 aromatic carbocycles. The summed E-state index contributed by atoms with van der Waals surface area (Å²) in [6, 6.07) is 12.7. The van der Waals surface area contributed by atoms with Gasteiger partial charge in [0.05, 0.1) is 12.8 Å². The molecule has 0 aliphatic heterocycles. The minimum absolute atomic E-state index is 0.170. The van der Waals surface area contributed by atoms with Gasteiger partial charge in [0.1, 0.15) is 5.75 Å². The second-order valence-electron chi connectivity index (χ2n) is 6.11. The van der Waals surface area contributed by atoms with Gasteiger partial charge in [0.2, 0.25) is 5.91 Å². The number of anilines is 1. The average molecular weight is 371 g/mol. The summed E-state index contributed by atoms with van der Waals surface area (Å²) in [6.45, 7) is 1.97. The first-order valence-electron chi connectivity index (χ1n) is 8.22. The molecule has 6 heteroatoms. The van der Waals surface area contributed by atoms with Crippen LogP contribution >= 0.6 is 11.6 Å². The molecule has 0 bridgehead atoms. The molecule has 0 spiro atoms. The van der Waals surface area contributed by atoms with Crippen molar-refractivity contribution >= 4 is 34.1 Å². The molecule has 1 amide bonds. The van der Waals surface area contributed by atoms with Crippen LogP contribution < -0.4 is 15.6 Å². The highest BCUT2D eigenvalue weighted by Gasteiger charge is 2.10. The molecule has 5 nitrogen and oxygen atoms in total. The predicted octanol–water partition coefficient (Wildman–Crippen LogP) is 4.07. The summed E-state index contributed by atoms with van der Waals surface area (Å²) in [7, 11) is 1.52. The van der Waals surface area contributed by atoms with Gasteiger partial charge >= 0.3 is 0 Å². The molecule has 3 aromatic rings. The zero-order valence-electron chi connectivity index (χ0n) is 14.6. The Bertz CT molecular complexity index is 1030. The molecule has 0 radical (unpaired) electrons. The van der Waals surface area contributed by atoms with Gasteiger partial charge < -0.3 is 15.0 Å². The lowest BCUT2D eigenvalue weighted by Gasteiger charge is -2.10. The molecule has 0 saturated carbocycles. The van der Waals surface area contributed by atoms with Crippen molar-refractivity contribution in [3.05, 3.63) is 69.0 Å². The molecule has 0 aliphatic rings. The molecule has 0 saturated heterocycles. The van der Waals surface area contributed by atoms with Crippen molar-refractivity contribution in [2.45, 2.75) is 19.8 Å². The van der Waals surface area contributed by atoms with E-state index in [1.165, 1.54) is 7.11 Å². The largest absolute Gasteiger partial charge is 0.495 e. The molecule has 26 heavy (non-hydrogen) atoms. The van der Waals surface area contributed by atoms with Crippen LogP contribution in [0.1, 0.15) is 17.5 Å². The molecule has 2 N–H and O–H groups in total. The molecular weight excluding hydrogens is 352 g/mol. The van der Waals surface area contributed by atoms with E-state index in [1.807, 2.05) is 31.2 Å². The number of nitrogens with one attached hydrogen (secondary N) is 2. The SMILES string of the molecule is COc1ccc(Cl)cc1NC(=O)CCc1cc2ccc(C)cc2[nH]c1=O. The number of benzene rings is 2. The van der Waals surface area contributed by atoms with Gasteiger partial charge in [-0.1, -0.05) is 23.7 Å². The number of carbonyl (C=O) groups is 1. The normalized spacial score (nSPS) is 10.7. The second-order valence-corrected chi connectivity index (χ2v) is 6.54. The Hall–Kier alpha value is -2.79. The maximum atomic E-state index is 12.3. The van der Waals surface area contributed by atoms with Crippen molar-refractivity contribution in [3.63, 3.8) is 0 Å². The van der Waals surface area contributed by atoms with E-state index < -0.39 is 0 Å². The van der Waals surface area contributed by atoms with Gasteiger partial charge in [0.15, 0.2) is 0 Å². The smallest absolute Gasteiger partial charge is 0.251 e. The van der Waals surface area contributed by atoms with Crippen LogP contribution in [0.5, 0.6) is 5.75 Å². The fourth-order valence-corrected chi connectivity index (χ4v) is 2.96. The van der Waals surface area contributed by atoms with Crippen LogP contribution in [0, 0.1) is 6.92 Å². The third-order valence-corrected chi connectivity index (χ3v) is 4.37. The highest BCUT2D eigenvalue weighted by molar-refractivity contribution is 6.31. The Labute approximate surface area is 156 Å². The zero-order chi connectivity index (χ0) is 18.7. The second kappa shape index (κ2) is 7.62. The lowest BCUT2D eigenvalue weighted by Crippen LogP contribution is -2.17. The summed E-state index contributed by atoms with van der Waals surface area (Å²) in [5.41, 5.74) is 2.79. The molecule has 0 unspecified atom stereocenters. The van der Waals surface area contributed by atoms with E-state index in [9.17, 15) is 9.59 Å². The minimum atomic E-state index is -0.214. The zero-order valence-corrected chi connectivity index (χ0v) is 15.3. The summed E-state index contributed by atoms with van der Waals surface area (Å²) in [4.78, 5) is 27.4. The maximum absolute atomic E-state index is 12.3. The third kappa shape index (κ3) is 4.06. The first kappa shape index (κ1) is 18.0. The summed E-state index contributed by atoms with van der Waals surface area (Å²) >= 11 is 5.97. The lowest BCUT2D eigenvalue weighted by molar-refractivity contribution is -0.116. The summed E-state index contributed by atoms with van der Waals surface area (Å²) < 4.78 is 5.21. The molecule has 1 aromatic heterocycles. The summed E-state index contributed by atoms with van der Waals surface area (Å²) in [6.07, 6.45) is 0.518. The number of hydrogen-bond acceptors (Lipinski definition) is 3. The van der Waals surface area contributed by atoms with Crippen molar-refractivity contribution in [3.8, 4) is 5.75 Å². The molecule has 3 rings (SSSR count). The van der Waals surface area contributed by atoms with Crippen molar-refractivity contribution in [1.29, 1.82) is 0 Å². The van der Waals surface area contributed by atoms with Crippen LogP contribution in [0.25, 0.3) is 10.9 Å². The van der Waals surface area contributed by atoms with E-state index in [4.69, 9.17) is 16.3 Å². The average Bonchev–Trinajstić information content (AvgIpc) is 2.60. The number of halogens is 1. The summed E-state index contributed by atoms with van der Waals surface area (Å²) in [5.74, 6) is 0.315. The summed E-state index contributed by atoms with van der Waals surface area (Å²) in [5, 5.41) is 4.22. The Morgan fingerprint density at radius 2 is 2.00 bits per heavy atom. The van der Waals surface area contributed by atoms with Crippen LogP contribution in [0.2, 0.25) is 5.02 Å². The Morgan fingerprint density at radius 1 is 1.19 bits per heavy atom. The number of aryl methyl sites for hydroxylation is 2. The fourth-order valence-electron chi connectivity index (χ4n) is 2.78. The van der Waals surface area contributed by atoms with Crippen molar-refractivity contribution in [2.24, 2.45) is 0 Å². The predicted molar refractivity (Wildman–Crippen MR) is 104 cm³/mol. The number of pyridine rings is 1. The maximum Gasteiger partial charge on any atom is 0.251 e.